The van der Waals surface area contributed by atoms with Crippen molar-refractivity contribution in [1.29, 1.82) is 0 Å². The molecule has 8 nitrogen and oxygen atoms in total. The molecular weight excluding hydrogens is 444 g/mol. The number of hydrogen-bond acceptors (Lipinski definition) is 6. The minimum Gasteiger partial charge on any atom is -0.390 e. The van der Waals surface area contributed by atoms with E-state index in [0.29, 0.717) is 41.1 Å². The van der Waals surface area contributed by atoms with E-state index in [1.807, 2.05) is 6.92 Å². The highest BCUT2D eigenvalue weighted by molar-refractivity contribution is 5.90. The molecule has 1 aliphatic rings. The number of nitrogens with zero attached hydrogens (tertiary/aromatic N) is 4. The van der Waals surface area contributed by atoms with Crippen molar-refractivity contribution in [3.05, 3.63) is 70.3 Å². The molecule has 1 atom stereocenters. The maximum atomic E-state index is 14.0. The van der Waals surface area contributed by atoms with Gasteiger partial charge in [0.15, 0.2) is 5.65 Å². The summed E-state index contributed by atoms with van der Waals surface area (Å²) in [4.78, 5) is 17.7. The number of aliphatic hydroxyl groups is 1. The zero-order valence-electron chi connectivity index (χ0n) is 18.6. The van der Waals surface area contributed by atoms with Crippen molar-refractivity contribution < 1.29 is 18.6 Å². The lowest BCUT2D eigenvalue weighted by Gasteiger charge is -2.25. The Morgan fingerprint density at radius 2 is 2.06 bits per heavy atom. The lowest BCUT2D eigenvalue weighted by atomic mass is 10.0. The molecule has 1 aliphatic heterocycles. The molecule has 2 N–H and O–H groups in total. The maximum absolute atomic E-state index is 14.0. The Kier molecular flexibility index (Phi) is 5.78. The van der Waals surface area contributed by atoms with Crippen LogP contribution in [-0.2, 0) is 10.7 Å². The van der Waals surface area contributed by atoms with Gasteiger partial charge < -0.3 is 19.7 Å². The van der Waals surface area contributed by atoms with E-state index in [0.717, 1.165) is 12.8 Å². The van der Waals surface area contributed by atoms with E-state index in [4.69, 9.17) is 14.8 Å². The Labute approximate surface area is 193 Å². The summed E-state index contributed by atoms with van der Waals surface area (Å²) in [5.41, 5.74) is 1.41. The van der Waals surface area contributed by atoms with Crippen LogP contribution < -0.4 is 10.9 Å². The first-order valence-corrected chi connectivity index (χ1v) is 11.2. The Balaban J connectivity index is 1.58. The number of ether oxygens (including phenoxy) is 1. The molecule has 3 aromatic heterocycles. The summed E-state index contributed by atoms with van der Waals surface area (Å²) in [6, 6.07) is 8.91. The van der Waals surface area contributed by atoms with Crippen molar-refractivity contribution in [3.8, 4) is 0 Å². The van der Waals surface area contributed by atoms with Gasteiger partial charge in [-0.3, -0.25) is 4.79 Å². The largest absolute Gasteiger partial charge is 0.390 e. The van der Waals surface area contributed by atoms with Crippen LogP contribution in [0.1, 0.15) is 43.0 Å². The molecule has 0 aliphatic carbocycles. The zero-order chi connectivity index (χ0) is 23.9. The van der Waals surface area contributed by atoms with E-state index in [9.17, 15) is 13.6 Å². The van der Waals surface area contributed by atoms with Gasteiger partial charge in [0, 0.05) is 49.2 Å². The second-order valence-electron chi connectivity index (χ2n) is 8.58. The fourth-order valence-corrected chi connectivity index (χ4v) is 4.41. The molecule has 0 amide bonds. The number of benzene rings is 1. The molecule has 178 valence electrons. The topological polar surface area (TPSA) is 93.7 Å². The summed E-state index contributed by atoms with van der Waals surface area (Å²) in [7, 11) is 0. The first kappa shape index (κ1) is 22.4. The Morgan fingerprint density at radius 1 is 1.26 bits per heavy atom. The highest BCUT2D eigenvalue weighted by Gasteiger charge is 2.31. The van der Waals surface area contributed by atoms with Gasteiger partial charge in [-0.2, -0.15) is 13.9 Å². The number of alkyl halides is 2. The highest BCUT2D eigenvalue weighted by Crippen LogP contribution is 2.31. The van der Waals surface area contributed by atoms with E-state index in [-0.39, 0.29) is 23.2 Å². The molecule has 4 aromatic rings. The van der Waals surface area contributed by atoms with Crippen molar-refractivity contribution in [2.75, 3.05) is 25.1 Å². The van der Waals surface area contributed by atoms with E-state index in [1.165, 1.54) is 12.1 Å². The zero-order valence-corrected chi connectivity index (χ0v) is 18.6. The van der Waals surface area contributed by atoms with Crippen LogP contribution in [0, 0.1) is 0 Å². The monoisotopic (exact) mass is 469 g/mol. The third kappa shape index (κ3) is 4.03. The van der Waals surface area contributed by atoms with E-state index < -0.39 is 12.5 Å². The number of rotatable bonds is 6. The number of pyridine rings is 1. The third-order valence-electron chi connectivity index (χ3n) is 6.34. The first-order valence-electron chi connectivity index (χ1n) is 11.2. The van der Waals surface area contributed by atoms with Gasteiger partial charge in [-0.15, -0.1) is 0 Å². The van der Waals surface area contributed by atoms with Crippen molar-refractivity contribution in [2.45, 2.75) is 37.8 Å². The predicted octanol–water partition coefficient (Wildman–Crippen LogP) is 3.65. The normalized spacial score (nSPS) is 16.2. The van der Waals surface area contributed by atoms with Crippen LogP contribution in [0.25, 0.3) is 16.6 Å². The molecule has 0 radical (unpaired) electrons. The van der Waals surface area contributed by atoms with Crippen molar-refractivity contribution in [2.24, 2.45) is 0 Å². The molecule has 4 heterocycles. The number of anilines is 1. The van der Waals surface area contributed by atoms with Gasteiger partial charge in [-0.05, 0) is 31.4 Å². The Hall–Kier alpha value is -3.37. The molecule has 0 saturated carbocycles. The molecule has 0 spiro atoms. The van der Waals surface area contributed by atoms with Crippen molar-refractivity contribution >= 4 is 22.4 Å². The Bertz CT molecular complexity index is 1390. The average molecular weight is 469 g/mol. The molecule has 1 saturated heterocycles. The summed E-state index contributed by atoms with van der Waals surface area (Å²) in [6.45, 7) is 1.79. The van der Waals surface area contributed by atoms with E-state index >= 15 is 0 Å². The number of aromatic nitrogens is 4. The quantitative estimate of drug-likeness (QED) is 0.448. The number of nitrogens with one attached hydrogen (secondary N) is 1. The van der Waals surface area contributed by atoms with E-state index in [1.54, 1.807) is 45.7 Å². The minimum atomic E-state index is -3.32. The number of halogens is 2. The summed E-state index contributed by atoms with van der Waals surface area (Å²) < 4.78 is 36.8. The predicted molar refractivity (Wildman–Crippen MR) is 123 cm³/mol. The molecule has 1 aromatic carbocycles. The summed E-state index contributed by atoms with van der Waals surface area (Å²) in [6.07, 6.45) is 4.90. The van der Waals surface area contributed by atoms with Crippen LogP contribution in [-0.4, -0.2) is 44.1 Å². The number of hydrogen-bond donors (Lipinski definition) is 2. The third-order valence-corrected chi connectivity index (χ3v) is 6.34. The smallest absolute Gasteiger partial charge is 0.295 e. The van der Waals surface area contributed by atoms with Crippen LogP contribution in [0.4, 0.5) is 14.6 Å². The first-order chi connectivity index (χ1) is 16.4. The SMILES string of the molecule is C[C@@H](Nc1nc2ccnn2c2cc(=O)n(C3CCOCC3)cc12)c1cccc(C(F)(F)CO)c1. The van der Waals surface area contributed by atoms with Gasteiger partial charge in [0.2, 0.25) is 0 Å². The van der Waals surface area contributed by atoms with Gasteiger partial charge >= 0.3 is 0 Å². The molecule has 0 unspecified atom stereocenters. The Morgan fingerprint density at radius 3 is 2.82 bits per heavy atom. The van der Waals surface area contributed by atoms with Crippen molar-refractivity contribution in [3.63, 3.8) is 0 Å². The van der Waals surface area contributed by atoms with Crippen molar-refractivity contribution in [1.82, 2.24) is 19.2 Å². The summed E-state index contributed by atoms with van der Waals surface area (Å²) >= 11 is 0. The highest BCUT2D eigenvalue weighted by atomic mass is 19.3. The second-order valence-corrected chi connectivity index (χ2v) is 8.58. The number of aliphatic hydroxyl groups excluding tert-OH is 1. The molecule has 1 fully saturated rings. The summed E-state index contributed by atoms with van der Waals surface area (Å²) in [5, 5.41) is 17.4. The lowest BCUT2D eigenvalue weighted by Crippen LogP contribution is -2.28. The second kappa shape index (κ2) is 8.77. The fourth-order valence-electron chi connectivity index (χ4n) is 4.41. The van der Waals surface area contributed by atoms with Crippen LogP contribution >= 0.6 is 0 Å². The standard InChI is InChI=1S/C24H25F2N5O3/c1-15(16-3-2-4-17(11-16)24(25,26)14-32)28-23-19-13-30(18-6-9-34-10-7-18)22(33)12-20(19)31-21(29-23)5-8-27-31/h2-5,8,11-13,15,18,32H,6-7,9-10,14H2,1H3,(H,28,29)/t15-/m1/s1. The van der Waals surface area contributed by atoms with Gasteiger partial charge in [0.1, 0.15) is 12.4 Å². The number of fused-ring (bicyclic) bond motifs is 3. The van der Waals surface area contributed by atoms with Crippen LogP contribution in [0.2, 0.25) is 0 Å². The van der Waals surface area contributed by atoms with Gasteiger partial charge in [0.05, 0.1) is 17.1 Å². The average Bonchev–Trinajstić information content (AvgIpc) is 3.33. The maximum Gasteiger partial charge on any atom is 0.295 e. The van der Waals surface area contributed by atoms with Crippen LogP contribution in [0.5, 0.6) is 0 Å². The van der Waals surface area contributed by atoms with Crippen LogP contribution in [0.15, 0.2) is 53.6 Å². The van der Waals surface area contributed by atoms with E-state index in [2.05, 4.69) is 10.4 Å². The van der Waals surface area contributed by atoms with Gasteiger partial charge in [0.25, 0.3) is 11.5 Å². The van der Waals surface area contributed by atoms with Crippen LogP contribution in [0.3, 0.4) is 0 Å². The van der Waals surface area contributed by atoms with Gasteiger partial charge in [-0.25, -0.2) is 9.50 Å². The lowest BCUT2D eigenvalue weighted by molar-refractivity contribution is -0.0556. The molecule has 5 rings (SSSR count). The molecule has 10 heteroatoms. The molecule has 34 heavy (non-hydrogen) atoms. The van der Waals surface area contributed by atoms with Gasteiger partial charge in [-0.1, -0.05) is 18.2 Å². The minimum absolute atomic E-state index is 0.0293. The summed E-state index contributed by atoms with van der Waals surface area (Å²) in [5.74, 6) is -2.80. The molecule has 0 bridgehead atoms. The fraction of sp³-hybridized carbons (Fsp3) is 0.375. The molecular formula is C24H25F2N5O3.